The summed E-state index contributed by atoms with van der Waals surface area (Å²) in [5.41, 5.74) is 10.2. The maximum atomic E-state index is 12.4. The SMILES string of the molecule is Cc1cc(N)c(NC(=O)c2c(C)nn(C)c2C)c(Br)c1. The summed E-state index contributed by atoms with van der Waals surface area (Å²) in [6.07, 6.45) is 0. The van der Waals surface area contributed by atoms with Gasteiger partial charge in [-0.1, -0.05) is 0 Å². The highest BCUT2D eigenvalue weighted by Crippen LogP contribution is 2.31. The van der Waals surface area contributed by atoms with Crippen molar-refractivity contribution in [1.82, 2.24) is 9.78 Å². The van der Waals surface area contributed by atoms with Crippen LogP contribution in [0.5, 0.6) is 0 Å². The molecular formula is C14H17BrN4O. The molecule has 1 amide bonds. The molecule has 1 aromatic heterocycles. The number of carbonyl (C=O) groups excluding carboxylic acids is 1. The fourth-order valence-corrected chi connectivity index (χ4v) is 2.87. The summed E-state index contributed by atoms with van der Waals surface area (Å²) in [4.78, 5) is 12.4. The lowest BCUT2D eigenvalue weighted by Gasteiger charge is -2.11. The number of halogens is 1. The van der Waals surface area contributed by atoms with Gasteiger partial charge in [-0.25, -0.2) is 0 Å². The Morgan fingerprint density at radius 3 is 2.50 bits per heavy atom. The maximum Gasteiger partial charge on any atom is 0.259 e. The minimum absolute atomic E-state index is 0.204. The summed E-state index contributed by atoms with van der Waals surface area (Å²) in [6.45, 7) is 5.63. The largest absolute Gasteiger partial charge is 0.397 e. The Hall–Kier alpha value is -1.82. The molecule has 0 unspecified atom stereocenters. The number of hydrogen-bond donors (Lipinski definition) is 2. The number of hydrogen-bond acceptors (Lipinski definition) is 3. The zero-order chi connectivity index (χ0) is 15.0. The average molecular weight is 337 g/mol. The number of nitrogens with one attached hydrogen (secondary N) is 1. The molecule has 0 radical (unpaired) electrons. The maximum absolute atomic E-state index is 12.4. The predicted molar refractivity (Wildman–Crippen MR) is 83.9 cm³/mol. The summed E-state index contributed by atoms with van der Waals surface area (Å²) in [5, 5.41) is 7.10. The molecule has 1 heterocycles. The zero-order valence-electron chi connectivity index (χ0n) is 11.9. The minimum Gasteiger partial charge on any atom is -0.397 e. The van der Waals surface area contributed by atoms with Gasteiger partial charge >= 0.3 is 0 Å². The van der Waals surface area contributed by atoms with E-state index in [4.69, 9.17) is 5.73 Å². The Morgan fingerprint density at radius 1 is 1.35 bits per heavy atom. The second-order valence-electron chi connectivity index (χ2n) is 4.83. The van der Waals surface area contributed by atoms with Crippen molar-refractivity contribution in [2.24, 2.45) is 7.05 Å². The first-order valence-electron chi connectivity index (χ1n) is 6.18. The molecule has 6 heteroatoms. The van der Waals surface area contributed by atoms with E-state index in [1.807, 2.05) is 40.0 Å². The summed E-state index contributed by atoms with van der Waals surface area (Å²) in [5.74, 6) is -0.204. The number of aryl methyl sites for hydroxylation is 3. The van der Waals surface area contributed by atoms with Crippen LogP contribution < -0.4 is 11.1 Å². The van der Waals surface area contributed by atoms with Gasteiger partial charge in [-0.2, -0.15) is 5.10 Å². The van der Waals surface area contributed by atoms with E-state index in [1.54, 1.807) is 4.68 Å². The Kier molecular flexibility index (Phi) is 3.85. The van der Waals surface area contributed by atoms with Gasteiger partial charge in [-0.05, 0) is 54.4 Å². The molecule has 0 saturated carbocycles. The lowest BCUT2D eigenvalue weighted by atomic mass is 10.1. The molecule has 0 aliphatic heterocycles. The molecule has 0 spiro atoms. The minimum atomic E-state index is -0.204. The van der Waals surface area contributed by atoms with E-state index in [0.29, 0.717) is 22.6 Å². The smallest absolute Gasteiger partial charge is 0.259 e. The molecule has 0 fully saturated rings. The molecule has 3 N–H and O–H groups in total. The van der Waals surface area contributed by atoms with Gasteiger partial charge in [-0.15, -0.1) is 0 Å². The molecule has 106 valence electrons. The van der Waals surface area contributed by atoms with Crippen LogP contribution in [0.4, 0.5) is 11.4 Å². The number of anilines is 2. The molecule has 2 rings (SSSR count). The third kappa shape index (κ3) is 2.56. The molecule has 0 atom stereocenters. The fourth-order valence-electron chi connectivity index (χ4n) is 2.18. The van der Waals surface area contributed by atoms with Crippen molar-refractivity contribution >= 4 is 33.2 Å². The highest BCUT2D eigenvalue weighted by Gasteiger charge is 2.19. The van der Waals surface area contributed by atoms with Crippen LogP contribution in [0.15, 0.2) is 16.6 Å². The van der Waals surface area contributed by atoms with E-state index in [2.05, 4.69) is 26.3 Å². The molecule has 20 heavy (non-hydrogen) atoms. The molecular weight excluding hydrogens is 320 g/mol. The second kappa shape index (κ2) is 5.28. The number of nitrogens with zero attached hydrogens (tertiary/aromatic N) is 2. The van der Waals surface area contributed by atoms with Crippen molar-refractivity contribution in [2.45, 2.75) is 20.8 Å². The van der Waals surface area contributed by atoms with Crippen molar-refractivity contribution in [2.75, 3.05) is 11.1 Å². The zero-order valence-corrected chi connectivity index (χ0v) is 13.5. The fraction of sp³-hybridized carbons (Fsp3) is 0.286. The van der Waals surface area contributed by atoms with Crippen LogP contribution in [-0.4, -0.2) is 15.7 Å². The van der Waals surface area contributed by atoms with E-state index < -0.39 is 0 Å². The van der Waals surface area contributed by atoms with Crippen molar-refractivity contribution in [1.29, 1.82) is 0 Å². The molecule has 2 aromatic rings. The van der Waals surface area contributed by atoms with E-state index in [9.17, 15) is 4.79 Å². The van der Waals surface area contributed by atoms with Gasteiger partial charge in [0.15, 0.2) is 0 Å². The summed E-state index contributed by atoms with van der Waals surface area (Å²) < 4.78 is 2.46. The molecule has 0 aliphatic rings. The van der Waals surface area contributed by atoms with E-state index in [1.165, 1.54) is 0 Å². The first-order chi connectivity index (χ1) is 9.31. The molecule has 1 aromatic carbocycles. The highest BCUT2D eigenvalue weighted by atomic mass is 79.9. The van der Waals surface area contributed by atoms with E-state index in [-0.39, 0.29) is 5.91 Å². The first-order valence-corrected chi connectivity index (χ1v) is 6.97. The number of nitrogen functional groups attached to an aromatic ring is 1. The molecule has 0 bridgehead atoms. The van der Waals surface area contributed by atoms with Gasteiger partial charge in [-0.3, -0.25) is 9.48 Å². The Morgan fingerprint density at radius 2 is 2.00 bits per heavy atom. The van der Waals surface area contributed by atoms with Crippen LogP contribution in [0.3, 0.4) is 0 Å². The number of rotatable bonds is 2. The van der Waals surface area contributed by atoms with Gasteiger partial charge < -0.3 is 11.1 Å². The summed E-state index contributed by atoms with van der Waals surface area (Å²) >= 11 is 3.43. The second-order valence-corrected chi connectivity index (χ2v) is 5.69. The third-order valence-electron chi connectivity index (χ3n) is 3.24. The number of nitrogens with two attached hydrogens (primary N) is 1. The number of benzene rings is 1. The average Bonchev–Trinajstić information content (AvgIpc) is 2.58. The Balaban J connectivity index is 2.38. The van der Waals surface area contributed by atoms with E-state index in [0.717, 1.165) is 15.7 Å². The lowest BCUT2D eigenvalue weighted by Crippen LogP contribution is -2.15. The van der Waals surface area contributed by atoms with Crippen molar-refractivity contribution in [3.63, 3.8) is 0 Å². The Labute approximate surface area is 126 Å². The van der Waals surface area contributed by atoms with Crippen molar-refractivity contribution in [3.05, 3.63) is 39.1 Å². The van der Waals surface area contributed by atoms with Crippen LogP contribution in [0.2, 0.25) is 0 Å². The topological polar surface area (TPSA) is 72.9 Å². The van der Waals surface area contributed by atoms with Crippen LogP contribution in [-0.2, 0) is 7.05 Å². The lowest BCUT2D eigenvalue weighted by molar-refractivity contribution is 0.102. The number of amides is 1. The monoisotopic (exact) mass is 336 g/mol. The number of aromatic nitrogens is 2. The van der Waals surface area contributed by atoms with Gasteiger partial charge in [0.25, 0.3) is 5.91 Å². The van der Waals surface area contributed by atoms with Crippen molar-refractivity contribution < 1.29 is 4.79 Å². The van der Waals surface area contributed by atoms with Crippen molar-refractivity contribution in [3.8, 4) is 0 Å². The van der Waals surface area contributed by atoms with Crippen LogP contribution >= 0.6 is 15.9 Å². The highest BCUT2D eigenvalue weighted by molar-refractivity contribution is 9.10. The van der Waals surface area contributed by atoms with E-state index >= 15 is 0 Å². The van der Waals surface area contributed by atoms with Gasteiger partial charge in [0.1, 0.15) is 0 Å². The Bertz CT molecular complexity index is 668. The molecule has 5 nitrogen and oxygen atoms in total. The van der Waals surface area contributed by atoms with Crippen LogP contribution in [0, 0.1) is 20.8 Å². The van der Waals surface area contributed by atoms with Crippen LogP contribution in [0.25, 0.3) is 0 Å². The molecule has 0 aliphatic carbocycles. The normalized spacial score (nSPS) is 10.7. The van der Waals surface area contributed by atoms with Crippen LogP contribution in [0.1, 0.15) is 27.3 Å². The van der Waals surface area contributed by atoms with Gasteiger partial charge in [0.05, 0.1) is 22.6 Å². The number of carbonyl (C=O) groups is 1. The van der Waals surface area contributed by atoms with Gasteiger partial charge in [0, 0.05) is 17.2 Å². The summed E-state index contributed by atoms with van der Waals surface area (Å²) in [7, 11) is 1.81. The predicted octanol–water partition coefficient (Wildman–Crippen LogP) is 2.94. The third-order valence-corrected chi connectivity index (χ3v) is 3.87. The standard InChI is InChI=1S/C14H17BrN4O/c1-7-5-10(15)13(11(16)6-7)17-14(20)12-8(2)18-19(4)9(12)3/h5-6H,16H2,1-4H3,(H,17,20). The van der Waals surface area contributed by atoms with Gasteiger partial charge in [0.2, 0.25) is 0 Å². The quantitative estimate of drug-likeness (QED) is 0.828. The first kappa shape index (κ1) is 14.6. The molecule has 0 saturated heterocycles. The summed E-state index contributed by atoms with van der Waals surface area (Å²) in [6, 6.07) is 3.73.